The van der Waals surface area contributed by atoms with Gasteiger partial charge in [-0.15, -0.1) is 0 Å². The Kier molecular flexibility index (Phi) is 5.49. The van der Waals surface area contributed by atoms with Crippen LogP contribution in [0.1, 0.15) is 11.1 Å². The van der Waals surface area contributed by atoms with Gasteiger partial charge in [-0.1, -0.05) is 35.3 Å². The summed E-state index contributed by atoms with van der Waals surface area (Å²) in [6.45, 7) is -0.0978. The molecule has 9 heteroatoms. The van der Waals surface area contributed by atoms with Gasteiger partial charge in [0.15, 0.2) is 0 Å². The molecule has 0 aromatic heterocycles. The molecule has 0 saturated heterocycles. The van der Waals surface area contributed by atoms with E-state index in [0.29, 0.717) is 16.7 Å². The van der Waals surface area contributed by atoms with Gasteiger partial charge in [-0.05, 0) is 35.9 Å². The Balaban J connectivity index is 2.41. The lowest BCUT2D eigenvalue weighted by Gasteiger charge is -2.20. The minimum absolute atomic E-state index is 0.0978. The number of alkyl halides is 3. The average Bonchev–Trinajstić information content (AvgIpc) is 2.48. The normalized spacial score (nSPS) is 12.6. The molecule has 24 heavy (non-hydrogen) atoms. The van der Waals surface area contributed by atoms with E-state index in [0.717, 1.165) is 16.4 Å². The van der Waals surface area contributed by atoms with Crippen LogP contribution in [0.15, 0.2) is 47.4 Å². The van der Waals surface area contributed by atoms with E-state index in [1.54, 1.807) is 24.3 Å². The van der Waals surface area contributed by atoms with Crippen LogP contribution in [0.4, 0.5) is 13.2 Å². The number of rotatable bonds is 4. The summed E-state index contributed by atoms with van der Waals surface area (Å²) >= 11 is 11.3. The fraction of sp³-hybridized carbons (Fsp3) is 0.200. The second kappa shape index (κ2) is 6.92. The van der Waals surface area contributed by atoms with E-state index in [2.05, 4.69) is 0 Å². The van der Waals surface area contributed by atoms with Crippen LogP contribution < -0.4 is 0 Å². The number of sulfonamides is 1. The van der Waals surface area contributed by atoms with E-state index in [1.807, 2.05) is 0 Å². The molecule has 0 fully saturated rings. The van der Waals surface area contributed by atoms with Crippen molar-refractivity contribution in [3.05, 3.63) is 63.6 Å². The SMILES string of the molecule is CN(Cc1ccc(Cl)cc1)S(=O)(=O)c1ccc(Cl)cc1C(F)(F)F. The van der Waals surface area contributed by atoms with Gasteiger partial charge in [0.2, 0.25) is 10.0 Å². The van der Waals surface area contributed by atoms with E-state index < -0.39 is 26.7 Å². The summed E-state index contributed by atoms with van der Waals surface area (Å²) in [7, 11) is -3.15. The Morgan fingerprint density at radius 2 is 1.54 bits per heavy atom. The van der Waals surface area contributed by atoms with Crippen LogP contribution in [0.3, 0.4) is 0 Å². The molecule has 0 radical (unpaired) electrons. The molecule has 2 rings (SSSR count). The Hall–Kier alpha value is -1.28. The van der Waals surface area contributed by atoms with Crippen molar-refractivity contribution in [1.29, 1.82) is 0 Å². The highest BCUT2D eigenvalue weighted by molar-refractivity contribution is 7.89. The fourth-order valence-corrected chi connectivity index (χ4v) is 3.69. The van der Waals surface area contributed by atoms with Crippen LogP contribution in [-0.4, -0.2) is 19.8 Å². The minimum atomic E-state index is -4.84. The number of benzene rings is 2. The first-order valence-corrected chi connectivity index (χ1v) is 8.79. The zero-order chi connectivity index (χ0) is 18.1. The molecule has 2 aromatic rings. The molecular formula is C15H12Cl2F3NO2S. The van der Waals surface area contributed by atoms with Gasteiger partial charge < -0.3 is 0 Å². The highest BCUT2D eigenvalue weighted by atomic mass is 35.5. The molecule has 0 aliphatic carbocycles. The van der Waals surface area contributed by atoms with Crippen molar-refractivity contribution in [3.63, 3.8) is 0 Å². The summed E-state index contributed by atoms with van der Waals surface area (Å²) in [6.07, 6.45) is -4.84. The van der Waals surface area contributed by atoms with Crippen molar-refractivity contribution in [2.24, 2.45) is 0 Å². The first-order chi connectivity index (χ1) is 11.0. The molecule has 0 amide bonds. The summed E-state index contributed by atoms with van der Waals surface area (Å²) in [6, 6.07) is 8.91. The highest BCUT2D eigenvalue weighted by Crippen LogP contribution is 2.36. The van der Waals surface area contributed by atoms with Crippen LogP contribution in [0.25, 0.3) is 0 Å². The molecule has 0 atom stereocenters. The van der Waals surface area contributed by atoms with Gasteiger partial charge in [0, 0.05) is 23.6 Å². The molecule has 0 saturated carbocycles. The van der Waals surface area contributed by atoms with E-state index in [9.17, 15) is 21.6 Å². The third kappa shape index (κ3) is 4.22. The fourth-order valence-electron chi connectivity index (χ4n) is 2.05. The molecule has 0 unspecified atom stereocenters. The maximum atomic E-state index is 13.1. The monoisotopic (exact) mass is 397 g/mol. The van der Waals surface area contributed by atoms with Gasteiger partial charge in [-0.2, -0.15) is 17.5 Å². The molecule has 3 nitrogen and oxygen atoms in total. The lowest BCUT2D eigenvalue weighted by atomic mass is 10.2. The molecule has 0 aliphatic rings. The molecule has 0 N–H and O–H groups in total. The van der Waals surface area contributed by atoms with Gasteiger partial charge in [-0.25, -0.2) is 8.42 Å². The van der Waals surface area contributed by atoms with E-state index in [4.69, 9.17) is 23.2 Å². The van der Waals surface area contributed by atoms with E-state index in [1.165, 1.54) is 7.05 Å². The van der Waals surface area contributed by atoms with Crippen LogP contribution in [-0.2, 0) is 22.7 Å². The maximum Gasteiger partial charge on any atom is 0.417 e. The van der Waals surface area contributed by atoms with Gasteiger partial charge in [0.25, 0.3) is 0 Å². The lowest BCUT2D eigenvalue weighted by molar-refractivity contribution is -0.139. The standard InChI is InChI=1S/C15H12Cl2F3NO2S/c1-21(9-10-2-4-11(16)5-3-10)24(22,23)14-7-6-12(17)8-13(14)15(18,19)20/h2-8H,9H2,1H3. The minimum Gasteiger partial charge on any atom is -0.207 e. The summed E-state index contributed by atoms with van der Waals surface area (Å²) in [4.78, 5) is -0.837. The molecule has 2 aromatic carbocycles. The molecule has 0 aliphatic heterocycles. The second-order valence-corrected chi connectivity index (χ2v) is 7.91. The van der Waals surface area contributed by atoms with Gasteiger partial charge in [0.1, 0.15) is 0 Å². The predicted molar refractivity (Wildman–Crippen MR) is 86.6 cm³/mol. The molecule has 0 heterocycles. The molecule has 130 valence electrons. The van der Waals surface area contributed by atoms with Crippen LogP contribution >= 0.6 is 23.2 Å². The summed E-state index contributed by atoms with van der Waals surface area (Å²) in [5, 5.41) is 0.281. The van der Waals surface area contributed by atoms with Crippen LogP contribution in [0.5, 0.6) is 0 Å². The first-order valence-electron chi connectivity index (χ1n) is 6.59. The summed E-state index contributed by atoms with van der Waals surface area (Å²) in [5.41, 5.74) is -0.703. The van der Waals surface area contributed by atoms with Gasteiger partial charge >= 0.3 is 6.18 Å². The van der Waals surface area contributed by atoms with Crippen LogP contribution in [0.2, 0.25) is 10.0 Å². The molecule has 0 spiro atoms. The van der Waals surface area contributed by atoms with Crippen molar-refractivity contribution in [2.75, 3.05) is 7.05 Å². The molecule has 0 bridgehead atoms. The van der Waals surface area contributed by atoms with Gasteiger partial charge in [-0.3, -0.25) is 0 Å². The van der Waals surface area contributed by atoms with Crippen LogP contribution in [0, 0.1) is 0 Å². The third-order valence-corrected chi connectivity index (χ3v) is 5.60. The van der Waals surface area contributed by atoms with Gasteiger partial charge in [0.05, 0.1) is 10.5 Å². The lowest BCUT2D eigenvalue weighted by Crippen LogP contribution is -2.28. The van der Waals surface area contributed by atoms with E-state index in [-0.39, 0.29) is 11.6 Å². The van der Waals surface area contributed by atoms with Crippen molar-refractivity contribution < 1.29 is 21.6 Å². The summed E-state index contributed by atoms with van der Waals surface area (Å²) < 4.78 is 65.3. The zero-order valence-corrected chi connectivity index (χ0v) is 14.6. The largest absolute Gasteiger partial charge is 0.417 e. The Morgan fingerprint density at radius 1 is 1.00 bits per heavy atom. The molecular weight excluding hydrogens is 386 g/mol. The summed E-state index contributed by atoms with van der Waals surface area (Å²) in [5.74, 6) is 0. The number of nitrogens with zero attached hydrogens (tertiary/aromatic N) is 1. The second-order valence-electron chi connectivity index (χ2n) is 5.03. The van der Waals surface area contributed by atoms with Crippen molar-refractivity contribution in [1.82, 2.24) is 4.31 Å². The number of hydrogen-bond acceptors (Lipinski definition) is 2. The number of hydrogen-bond donors (Lipinski definition) is 0. The highest BCUT2D eigenvalue weighted by Gasteiger charge is 2.38. The van der Waals surface area contributed by atoms with Crippen molar-refractivity contribution >= 4 is 33.2 Å². The predicted octanol–water partition coefficient (Wildman–Crippen LogP) is 4.83. The Labute approximate surface area is 147 Å². The average molecular weight is 398 g/mol. The Morgan fingerprint density at radius 3 is 2.08 bits per heavy atom. The van der Waals surface area contributed by atoms with Crippen molar-refractivity contribution in [2.45, 2.75) is 17.6 Å². The van der Waals surface area contributed by atoms with E-state index >= 15 is 0 Å². The third-order valence-electron chi connectivity index (χ3n) is 3.25. The number of halogens is 5. The first kappa shape index (κ1) is 19.1. The quantitative estimate of drug-likeness (QED) is 0.740. The Bertz CT molecular complexity index is 837. The maximum absolute atomic E-state index is 13.1. The zero-order valence-electron chi connectivity index (χ0n) is 12.3. The topological polar surface area (TPSA) is 37.4 Å². The van der Waals surface area contributed by atoms with Crippen molar-refractivity contribution in [3.8, 4) is 0 Å². The smallest absolute Gasteiger partial charge is 0.207 e.